The van der Waals surface area contributed by atoms with Gasteiger partial charge in [0.2, 0.25) is 0 Å². The molecule has 2 aromatic carbocycles. The van der Waals surface area contributed by atoms with E-state index in [1.165, 1.54) is 13.2 Å². The lowest BCUT2D eigenvalue weighted by atomic mass is 10.1. The maximum absolute atomic E-state index is 12.3. The van der Waals surface area contributed by atoms with Crippen molar-refractivity contribution in [2.45, 2.75) is 27.0 Å². The van der Waals surface area contributed by atoms with E-state index in [2.05, 4.69) is 10.1 Å². The zero-order chi connectivity index (χ0) is 17.7. The number of nitrogens with one attached hydrogen (secondary N) is 1. The number of aryl methyl sites for hydroxylation is 2. The van der Waals surface area contributed by atoms with Gasteiger partial charge >= 0.3 is 6.61 Å². The van der Waals surface area contributed by atoms with Crippen molar-refractivity contribution in [2.75, 3.05) is 7.11 Å². The Balaban J connectivity index is 2.07. The van der Waals surface area contributed by atoms with E-state index in [0.29, 0.717) is 11.1 Å². The first-order valence-corrected chi connectivity index (χ1v) is 7.38. The Morgan fingerprint density at radius 1 is 1.12 bits per heavy atom. The Bertz CT molecular complexity index is 732. The van der Waals surface area contributed by atoms with Crippen molar-refractivity contribution >= 4 is 5.91 Å². The van der Waals surface area contributed by atoms with Crippen molar-refractivity contribution in [3.8, 4) is 11.5 Å². The van der Waals surface area contributed by atoms with Crippen LogP contribution in [0, 0.1) is 13.8 Å². The number of amides is 1. The predicted octanol–water partition coefficient (Wildman–Crippen LogP) is 3.84. The molecule has 0 aromatic heterocycles. The van der Waals surface area contributed by atoms with E-state index in [1.54, 1.807) is 18.2 Å². The van der Waals surface area contributed by atoms with Crippen LogP contribution in [0.25, 0.3) is 0 Å². The summed E-state index contributed by atoms with van der Waals surface area (Å²) in [4.78, 5) is 12.3. The molecule has 0 saturated heterocycles. The molecule has 0 heterocycles. The Kier molecular flexibility index (Phi) is 5.73. The molecule has 2 aromatic rings. The number of alkyl halides is 2. The van der Waals surface area contributed by atoms with Crippen molar-refractivity contribution in [1.29, 1.82) is 0 Å². The molecule has 0 unspecified atom stereocenters. The zero-order valence-electron chi connectivity index (χ0n) is 13.7. The number of halogens is 2. The zero-order valence-corrected chi connectivity index (χ0v) is 13.7. The van der Waals surface area contributed by atoms with Crippen LogP contribution in [-0.4, -0.2) is 19.6 Å². The summed E-state index contributed by atoms with van der Waals surface area (Å²) in [7, 11) is 1.37. The molecule has 0 aliphatic rings. The maximum Gasteiger partial charge on any atom is 0.387 e. The second-order valence-electron chi connectivity index (χ2n) is 5.36. The highest BCUT2D eigenvalue weighted by Crippen LogP contribution is 2.29. The molecule has 0 saturated carbocycles. The fraction of sp³-hybridized carbons (Fsp3) is 0.278. The van der Waals surface area contributed by atoms with Crippen LogP contribution >= 0.6 is 0 Å². The van der Waals surface area contributed by atoms with Crippen molar-refractivity contribution in [1.82, 2.24) is 5.32 Å². The third-order valence-corrected chi connectivity index (χ3v) is 3.52. The van der Waals surface area contributed by atoms with E-state index < -0.39 is 6.61 Å². The van der Waals surface area contributed by atoms with Gasteiger partial charge in [-0.2, -0.15) is 8.78 Å². The summed E-state index contributed by atoms with van der Waals surface area (Å²) >= 11 is 0. The molecule has 0 aliphatic heterocycles. The standard InChI is InChI=1S/C18H19F2NO3/c1-11-4-6-14(12(2)8-11)17(22)21-10-13-5-7-15(24-18(19)20)16(9-13)23-3/h4-9,18H,10H2,1-3H3,(H,21,22). The van der Waals surface area contributed by atoms with Gasteiger partial charge in [-0.05, 0) is 43.2 Å². The smallest absolute Gasteiger partial charge is 0.387 e. The fourth-order valence-electron chi connectivity index (χ4n) is 2.36. The average molecular weight is 335 g/mol. The number of ether oxygens (including phenoxy) is 2. The van der Waals surface area contributed by atoms with E-state index in [0.717, 1.165) is 11.1 Å². The molecule has 4 nitrogen and oxygen atoms in total. The number of carbonyl (C=O) groups excluding carboxylic acids is 1. The van der Waals surface area contributed by atoms with Crippen molar-refractivity contribution < 1.29 is 23.0 Å². The lowest BCUT2D eigenvalue weighted by molar-refractivity contribution is -0.0512. The predicted molar refractivity (Wildman–Crippen MR) is 86.7 cm³/mol. The number of methoxy groups -OCH3 is 1. The second kappa shape index (κ2) is 7.77. The SMILES string of the molecule is COc1cc(CNC(=O)c2ccc(C)cc2C)ccc1OC(F)F. The van der Waals surface area contributed by atoms with Gasteiger partial charge in [0.15, 0.2) is 11.5 Å². The van der Waals surface area contributed by atoms with Gasteiger partial charge in [0, 0.05) is 12.1 Å². The second-order valence-corrected chi connectivity index (χ2v) is 5.36. The Morgan fingerprint density at radius 3 is 2.50 bits per heavy atom. The van der Waals surface area contributed by atoms with Crippen LogP contribution in [0.5, 0.6) is 11.5 Å². The van der Waals surface area contributed by atoms with Crippen LogP contribution in [-0.2, 0) is 6.54 Å². The van der Waals surface area contributed by atoms with Crippen LogP contribution in [0.2, 0.25) is 0 Å². The lowest BCUT2D eigenvalue weighted by Gasteiger charge is -2.12. The Morgan fingerprint density at radius 2 is 1.88 bits per heavy atom. The summed E-state index contributed by atoms with van der Waals surface area (Å²) in [5, 5.41) is 2.80. The number of hydrogen-bond acceptors (Lipinski definition) is 3. The maximum atomic E-state index is 12.3. The van der Waals surface area contributed by atoms with Gasteiger partial charge in [-0.15, -0.1) is 0 Å². The largest absolute Gasteiger partial charge is 0.493 e. The van der Waals surface area contributed by atoms with Crippen LogP contribution in [0.1, 0.15) is 27.0 Å². The Hall–Kier alpha value is -2.63. The van der Waals surface area contributed by atoms with Gasteiger partial charge in [-0.25, -0.2) is 0 Å². The molecular formula is C18H19F2NO3. The molecule has 6 heteroatoms. The van der Waals surface area contributed by atoms with Gasteiger partial charge in [-0.1, -0.05) is 23.8 Å². The van der Waals surface area contributed by atoms with Crippen LogP contribution in [0.4, 0.5) is 8.78 Å². The number of benzene rings is 2. The summed E-state index contributed by atoms with van der Waals surface area (Å²) < 4.78 is 34.0. The van der Waals surface area contributed by atoms with E-state index in [9.17, 15) is 13.6 Å². The molecule has 2 rings (SSSR count). The monoisotopic (exact) mass is 335 g/mol. The third kappa shape index (κ3) is 4.44. The van der Waals surface area contributed by atoms with Crippen molar-refractivity contribution in [2.24, 2.45) is 0 Å². The molecule has 0 radical (unpaired) electrons. The molecule has 0 spiro atoms. The van der Waals surface area contributed by atoms with Gasteiger partial charge in [-0.3, -0.25) is 4.79 Å². The number of rotatable bonds is 6. The normalized spacial score (nSPS) is 10.6. The van der Waals surface area contributed by atoms with Gasteiger partial charge in [0.05, 0.1) is 7.11 Å². The molecule has 1 amide bonds. The quantitative estimate of drug-likeness (QED) is 0.872. The number of carbonyl (C=O) groups is 1. The highest BCUT2D eigenvalue weighted by Gasteiger charge is 2.12. The van der Waals surface area contributed by atoms with Gasteiger partial charge < -0.3 is 14.8 Å². The summed E-state index contributed by atoms with van der Waals surface area (Å²) in [6.45, 7) is 1.16. The molecule has 1 N–H and O–H groups in total. The minimum absolute atomic E-state index is 0.0445. The first-order chi connectivity index (χ1) is 11.4. The molecule has 0 fully saturated rings. The molecule has 0 bridgehead atoms. The highest BCUT2D eigenvalue weighted by atomic mass is 19.3. The minimum Gasteiger partial charge on any atom is -0.493 e. The van der Waals surface area contributed by atoms with Crippen LogP contribution < -0.4 is 14.8 Å². The van der Waals surface area contributed by atoms with E-state index in [-0.39, 0.29) is 24.0 Å². The molecule has 24 heavy (non-hydrogen) atoms. The summed E-state index contributed by atoms with van der Waals surface area (Å²) in [6, 6.07) is 10.1. The fourth-order valence-corrected chi connectivity index (χ4v) is 2.36. The van der Waals surface area contributed by atoms with E-state index in [1.807, 2.05) is 26.0 Å². The van der Waals surface area contributed by atoms with Crippen molar-refractivity contribution in [3.05, 3.63) is 58.7 Å². The van der Waals surface area contributed by atoms with E-state index >= 15 is 0 Å². The minimum atomic E-state index is -2.92. The molecule has 0 atom stereocenters. The first kappa shape index (κ1) is 17.7. The van der Waals surface area contributed by atoms with E-state index in [4.69, 9.17) is 4.74 Å². The molecular weight excluding hydrogens is 316 g/mol. The van der Waals surface area contributed by atoms with Crippen LogP contribution in [0.3, 0.4) is 0 Å². The molecule has 128 valence electrons. The highest BCUT2D eigenvalue weighted by molar-refractivity contribution is 5.95. The lowest BCUT2D eigenvalue weighted by Crippen LogP contribution is -2.23. The summed E-state index contributed by atoms with van der Waals surface area (Å²) in [6.07, 6.45) is 0. The molecule has 0 aliphatic carbocycles. The van der Waals surface area contributed by atoms with Crippen LogP contribution in [0.15, 0.2) is 36.4 Å². The number of hydrogen-bond donors (Lipinski definition) is 1. The first-order valence-electron chi connectivity index (χ1n) is 7.38. The van der Waals surface area contributed by atoms with Gasteiger partial charge in [0.25, 0.3) is 5.91 Å². The topological polar surface area (TPSA) is 47.6 Å². The van der Waals surface area contributed by atoms with Gasteiger partial charge in [0.1, 0.15) is 0 Å². The van der Waals surface area contributed by atoms with Crippen molar-refractivity contribution in [3.63, 3.8) is 0 Å². The Labute approximate surface area is 139 Å². The third-order valence-electron chi connectivity index (χ3n) is 3.52. The summed E-state index contributed by atoms with van der Waals surface area (Å²) in [5.41, 5.74) is 3.30. The summed E-state index contributed by atoms with van der Waals surface area (Å²) in [5.74, 6) is -0.0510. The average Bonchev–Trinajstić information content (AvgIpc) is 2.53.